The second-order valence-electron chi connectivity index (χ2n) is 8.00. The van der Waals surface area contributed by atoms with Crippen LogP contribution >= 0.6 is 24.0 Å². The summed E-state index contributed by atoms with van der Waals surface area (Å²) in [4.78, 5) is 9.73. The van der Waals surface area contributed by atoms with E-state index in [0.717, 1.165) is 44.5 Å². The normalized spacial score (nSPS) is 17.0. The van der Waals surface area contributed by atoms with Crippen LogP contribution in [0.3, 0.4) is 0 Å². The number of hydrogen-bond acceptors (Lipinski definition) is 3. The fourth-order valence-electron chi connectivity index (χ4n) is 3.64. The first-order valence-electron chi connectivity index (χ1n) is 10.4. The zero-order valence-electron chi connectivity index (χ0n) is 18.1. The van der Waals surface area contributed by atoms with Gasteiger partial charge in [0, 0.05) is 38.3 Å². The molecule has 1 aliphatic rings. The Morgan fingerprint density at radius 1 is 1.12 bits per heavy atom. The summed E-state index contributed by atoms with van der Waals surface area (Å²) in [6.45, 7) is 17.7. The van der Waals surface area contributed by atoms with Crippen molar-refractivity contribution in [2.75, 3.05) is 46.3 Å². The summed E-state index contributed by atoms with van der Waals surface area (Å²) < 4.78 is 0. The Morgan fingerprint density at radius 3 is 2.27 bits per heavy atom. The van der Waals surface area contributed by atoms with Gasteiger partial charge >= 0.3 is 0 Å². The zero-order chi connectivity index (χ0) is 18.7. The van der Waals surface area contributed by atoms with Crippen molar-refractivity contribution in [2.45, 2.75) is 72.4 Å². The smallest absolute Gasteiger partial charge is 0.191 e. The number of hydrogen-bond donors (Lipinski definition) is 2. The van der Waals surface area contributed by atoms with Crippen LogP contribution in [0, 0.1) is 5.92 Å². The van der Waals surface area contributed by atoms with Gasteiger partial charge in [0.1, 0.15) is 0 Å². The summed E-state index contributed by atoms with van der Waals surface area (Å²) in [6, 6.07) is 1.20. The number of nitrogens with zero attached hydrogens (tertiary/aromatic N) is 3. The fraction of sp³-hybridized carbons (Fsp3) is 0.950. The molecule has 5 nitrogen and oxygen atoms in total. The number of nitrogens with one attached hydrogen (secondary N) is 2. The van der Waals surface area contributed by atoms with Gasteiger partial charge < -0.3 is 15.5 Å². The van der Waals surface area contributed by atoms with E-state index in [1.54, 1.807) is 0 Å². The SMILES string of the molecule is CCNC(=NCCCN(C(C)C)C(C)C)NCCC1CCN(C)CC1.I. The Morgan fingerprint density at radius 2 is 1.73 bits per heavy atom. The van der Waals surface area contributed by atoms with Crippen molar-refractivity contribution in [2.24, 2.45) is 10.9 Å². The Labute approximate surface area is 179 Å². The summed E-state index contributed by atoms with van der Waals surface area (Å²) in [7, 11) is 2.23. The third kappa shape index (κ3) is 10.9. The number of aliphatic imine (C=N–C) groups is 1. The molecular weight excluding hydrogens is 437 g/mol. The lowest BCUT2D eigenvalue weighted by molar-refractivity contribution is 0.174. The topological polar surface area (TPSA) is 42.9 Å². The summed E-state index contributed by atoms with van der Waals surface area (Å²) >= 11 is 0. The fourth-order valence-corrected chi connectivity index (χ4v) is 3.64. The molecule has 0 atom stereocenters. The quantitative estimate of drug-likeness (QED) is 0.217. The van der Waals surface area contributed by atoms with Crippen LogP contribution in [-0.4, -0.2) is 74.2 Å². The molecule has 1 fully saturated rings. The summed E-state index contributed by atoms with van der Waals surface area (Å²) in [5, 5.41) is 6.90. The maximum atomic E-state index is 4.76. The van der Waals surface area contributed by atoms with E-state index in [1.165, 1.54) is 32.4 Å². The Hall–Kier alpha value is -0.0800. The molecule has 26 heavy (non-hydrogen) atoms. The Bertz CT molecular complexity index is 357. The highest BCUT2D eigenvalue weighted by atomic mass is 127. The van der Waals surface area contributed by atoms with E-state index >= 15 is 0 Å². The molecule has 0 unspecified atom stereocenters. The predicted molar refractivity (Wildman–Crippen MR) is 126 cm³/mol. The molecule has 6 heteroatoms. The molecule has 0 aliphatic carbocycles. The molecule has 156 valence electrons. The van der Waals surface area contributed by atoms with Gasteiger partial charge in [0.15, 0.2) is 5.96 Å². The Balaban J connectivity index is 0.00000625. The van der Waals surface area contributed by atoms with Gasteiger partial charge in [0.2, 0.25) is 0 Å². The lowest BCUT2D eigenvalue weighted by atomic mass is 9.94. The molecule has 1 aliphatic heterocycles. The van der Waals surface area contributed by atoms with Gasteiger partial charge in [-0.1, -0.05) is 0 Å². The van der Waals surface area contributed by atoms with Crippen molar-refractivity contribution >= 4 is 29.9 Å². The maximum absolute atomic E-state index is 4.76. The summed E-state index contributed by atoms with van der Waals surface area (Å²) in [5.74, 6) is 1.85. The van der Waals surface area contributed by atoms with Gasteiger partial charge in [-0.15, -0.1) is 24.0 Å². The van der Waals surface area contributed by atoms with Gasteiger partial charge in [-0.3, -0.25) is 9.89 Å². The molecular formula is C20H44IN5. The van der Waals surface area contributed by atoms with E-state index in [4.69, 9.17) is 4.99 Å². The van der Waals surface area contributed by atoms with Crippen molar-refractivity contribution < 1.29 is 0 Å². The number of piperidine rings is 1. The van der Waals surface area contributed by atoms with Gasteiger partial charge in [-0.05, 0) is 86.4 Å². The first kappa shape index (κ1) is 25.9. The van der Waals surface area contributed by atoms with Crippen molar-refractivity contribution in [3.05, 3.63) is 0 Å². The van der Waals surface area contributed by atoms with Crippen molar-refractivity contribution in [3.63, 3.8) is 0 Å². The third-order valence-corrected chi connectivity index (χ3v) is 5.20. The van der Waals surface area contributed by atoms with E-state index in [2.05, 4.69) is 62.1 Å². The summed E-state index contributed by atoms with van der Waals surface area (Å²) in [5.41, 5.74) is 0. The first-order valence-corrected chi connectivity index (χ1v) is 10.4. The monoisotopic (exact) mass is 481 g/mol. The molecule has 0 saturated carbocycles. The molecule has 0 amide bonds. The van der Waals surface area contributed by atoms with E-state index in [0.29, 0.717) is 12.1 Å². The molecule has 2 N–H and O–H groups in total. The van der Waals surface area contributed by atoms with Crippen molar-refractivity contribution in [1.82, 2.24) is 20.4 Å². The molecule has 0 aromatic heterocycles. The van der Waals surface area contributed by atoms with E-state index in [9.17, 15) is 0 Å². The van der Waals surface area contributed by atoms with Crippen molar-refractivity contribution in [3.8, 4) is 0 Å². The molecule has 0 aromatic rings. The molecule has 1 heterocycles. The van der Waals surface area contributed by atoms with Crippen LogP contribution in [0.25, 0.3) is 0 Å². The number of rotatable bonds is 10. The van der Waals surface area contributed by atoms with Crippen LogP contribution in [-0.2, 0) is 0 Å². The van der Waals surface area contributed by atoms with Crippen LogP contribution in [0.1, 0.15) is 60.3 Å². The highest BCUT2D eigenvalue weighted by Crippen LogP contribution is 2.18. The molecule has 1 saturated heterocycles. The van der Waals surface area contributed by atoms with Gasteiger partial charge in [-0.2, -0.15) is 0 Å². The van der Waals surface area contributed by atoms with E-state index < -0.39 is 0 Å². The average molecular weight is 482 g/mol. The first-order chi connectivity index (χ1) is 11.9. The van der Waals surface area contributed by atoms with E-state index in [1.807, 2.05) is 0 Å². The van der Waals surface area contributed by atoms with Crippen LogP contribution < -0.4 is 10.6 Å². The van der Waals surface area contributed by atoms with Crippen LogP contribution in [0.4, 0.5) is 0 Å². The number of guanidine groups is 1. The maximum Gasteiger partial charge on any atom is 0.191 e. The molecule has 0 spiro atoms. The zero-order valence-corrected chi connectivity index (χ0v) is 20.4. The second-order valence-corrected chi connectivity index (χ2v) is 8.00. The van der Waals surface area contributed by atoms with Crippen LogP contribution in [0.2, 0.25) is 0 Å². The standard InChI is InChI=1S/C20H43N5.HI/c1-7-21-20(22-12-8-14-25(17(2)3)18(4)5)23-13-9-19-10-15-24(6)16-11-19;/h17-19H,7-16H2,1-6H3,(H2,21,22,23);1H. The average Bonchev–Trinajstić information content (AvgIpc) is 2.55. The molecule has 0 radical (unpaired) electrons. The molecule has 1 rings (SSSR count). The largest absolute Gasteiger partial charge is 0.357 e. The highest BCUT2D eigenvalue weighted by molar-refractivity contribution is 14.0. The lowest BCUT2D eigenvalue weighted by Gasteiger charge is -2.30. The lowest BCUT2D eigenvalue weighted by Crippen LogP contribution is -2.40. The van der Waals surface area contributed by atoms with Gasteiger partial charge in [-0.25, -0.2) is 0 Å². The minimum Gasteiger partial charge on any atom is -0.357 e. The number of halogens is 1. The van der Waals surface area contributed by atoms with Gasteiger partial charge in [0.05, 0.1) is 0 Å². The summed E-state index contributed by atoms with van der Waals surface area (Å²) in [6.07, 6.45) is 5.05. The second kappa shape index (κ2) is 14.9. The minimum atomic E-state index is 0. The van der Waals surface area contributed by atoms with Gasteiger partial charge in [0.25, 0.3) is 0 Å². The predicted octanol–water partition coefficient (Wildman–Crippen LogP) is 3.40. The highest BCUT2D eigenvalue weighted by Gasteiger charge is 2.16. The number of likely N-dealkylation sites (tertiary alicyclic amines) is 1. The minimum absolute atomic E-state index is 0. The molecule has 0 aromatic carbocycles. The van der Waals surface area contributed by atoms with Crippen LogP contribution in [0.15, 0.2) is 4.99 Å². The Kier molecular flexibility index (Phi) is 14.9. The van der Waals surface area contributed by atoms with Crippen molar-refractivity contribution in [1.29, 1.82) is 0 Å². The molecule has 0 bridgehead atoms. The third-order valence-electron chi connectivity index (χ3n) is 5.20. The van der Waals surface area contributed by atoms with E-state index in [-0.39, 0.29) is 24.0 Å². The van der Waals surface area contributed by atoms with Crippen LogP contribution in [0.5, 0.6) is 0 Å².